The topological polar surface area (TPSA) is 75.4 Å². The molecule has 1 aromatic carbocycles. The van der Waals surface area contributed by atoms with E-state index in [1.165, 1.54) is 19.9 Å². The molecule has 1 fully saturated rings. The Labute approximate surface area is 121 Å². The summed E-state index contributed by atoms with van der Waals surface area (Å²) < 4.78 is 27.4. The maximum atomic E-state index is 13.7. The first-order valence-corrected chi connectivity index (χ1v) is 6.57. The lowest BCUT2D eigenvalue weighted by Gasteiger charge is -2.22. The predicted molar refractivity (Wildman–Crippen MR) is 73.5 cm³/mol. The zero-order valence-electron chi connectivity index (χ0n) is 11.8. The summed E-state index contributed by atoms with van der Waals surface area (Å²) >= 11 is 0. The third kappa shape index (κ3) is 3.02. The molecule has 0 bridgehead atoms. The number of benzene rings is 1. The van der Waals surface area contributed by atoms with Crippen molar-refractivity contribution in [2.75, 3.05) is 11.4 Å². The zero-order chi connectivity index (χ0) is 15.8. The van der Waals surface area contributed by atoms with Crippen molar-refractivity contribution >= 4 is 17.5 Å². The number of hydrogen-bond acceptors (Lipinski definition) is 3. The molecule has 0 aromatic heterocycles. The van der Waals surface area contributed by atoms with Gasteiger partial charge in [0.15, 0.2) is 0 Å². The van der Waals surface area contributed by atoms with Crippen molar-refractivity contribution in [1.29, 1.82) is 0 Å². The Morgan fingerprint density at radius 3 is 2.48 bits per heavy atom. The minimum absolute atomic E-state index is 0.132. The quantitative estimate of drug-likeness (QED) is 0.871. The standard InChI is InChI=1S/C14H17F2N3O2/c1-14(2,17)13(21)18-10-6-7-19(12(10)20)11-8(15)4-3-5-9(11)16/h3-5,10H,6-7,17H2,1-2H3,(H,18,21). The van der Waals surface area contributed by atoms with E-state index in [4.69, 9.17) is 5.73 Å². The first kappa shape index (κ1) is 15.4. The molecule has 1 aromatic rings. The maximum absolute atomic E-state index is 13.7. The van der Waals surface area contributed by atoms with Gasteiger partial charge in [-0.25, -0.2) is 8.78 Å². The van der Waals surface area contributed by atoms with E-state index >= 15 is 0 Å². The van der Waals surface area contributed by atoms with Crippen LogP contribution >= 0.6 is 0 Å². The van der Waals surface area contributed by atoms with Crippen LogP contribution in [0.4, 0.5) is 14.5 Å². The Kier molecular flexibility index (Phi) is 3.95. The first-order chi connectivity index (χ1) is 9.71. The van der Waals surface area contributed by atoms with E-state index in [1.54, 1.807) is 0 Å². The van der Waals surface area contributed by atoms with Gasteiger partial charge in [-0.05, 0) is 32.4 Å². The van der Waals surface area contributed by atoms with Crippen LogP contribution in [0, 0.1) is 11.6 Å². The normalized spacial score (nSPS) is 19.0. The third-order valence-corrected chi connectivity index (χ3v) is 3.30. The lowest BCUT2D eigenvalue weighted by Crippen LogP contribution is -2.53. The highest BCUT2D eigenvalue weighted by Crippen LogP contribution is 2.27. The van der Waals surface area contributed by atoms with E-state index in [1.807, 2.05) is 0 Å². The van der Waals surface area contributed by atoms with Gasteiger partial charge in [-0.15, -0.1) is 0 Å². The number of anilines is 1. The molecular weight excluding hydrogens is 280 g/mol. The van der Waals surface area contributed by atoms with Gasteiger partial charge >= 0.3 is 0 Å². The molecule has 1 heterocycles. The second kappa shape index (κ2) is 5.40. The molecule has 0 aliphatic carbocycles. The van der Waals surface area contributed by atoms with Crippen molar-refractivity contribution in [1.82, 2.24) is 5.32 Å². The molecule has 1 aliphatic rings. The van der Waals surface area contributed by atoms with Crippen LogP contribution in [0.25, 0.3) is 0 Å². The number of carbonyl (C=O) groups is 2. The lowest BCUT2D eigenvalue weighted by atomic mass is 10.1. The number of nitrogens with one attached hydrogen (secondary N) is 1. The number of amides is 2. The smallest absolute Gasteiger partial charge is 0.249 e. The van der Waals surface area contributed by atoms with Gasteiger partial charge in [0.25, 0.3) is 0 Å². The molecule has 21 heavy (non-hydrogen) atoms. The van der Waals surface area contributed by atoms with Crippen LogP contribution < -0.4 is 16.0 Å². The largest absolute Gasteiger partial charge is 0.343 e. The zero-order valence-corrected chi connectivity index (χ0v) is 11.8. The van der Waals surface area contributed by atoms with E-state index in [0.717, 1.165) is 17.0 Å². The number of nitrogens with two attached hydrogens (primary N) is 1. The molecule has 2 rings (SSSR count). The fraction of sp³-hybridized carbons (Fsp3) is 0.429. The molecular formula is C14H17F2N3O2. The van der Waals surface area contributed by atoms with Crippen LogP contribution in [0.5, 0.6) is 0 Å². The van der Waals surface area contributed by atoms with Crippen LogP contribution in [0.2, 0.25) is 0 Å². The summed E-state index contributed by atoms with van der Waals surface area (Å²) in [6.07, 6.45) is 0.272. The Balaban J connectivity index is 2.18. The summed E-state index contributed by atoms with van der Waals surface area (Å²) in [7, 11) is 0. The number of para-hydroxylation sites is 1. The van der Waals surface area contributed by atoms with Crippen molar-refractivity contribution in [2.45, 2.75) is 31.8 Å². The van der Waals surface area contributed by atoms with Crippen molar-refractivity contribution in [3.05, 3.63) is 29.8 Å². The van der Waals surface area contributed by atoms with Gasteiger partial charge in [-0.1, -0.05) is 6.07 Å². The number of hydrogen-bond donors (Lipinski definition) is 2. The Morgan fingerprint density at radius 2 is 1.95 bits per heavy atom. The van der Waals surface area contributed by atoms with Gasteiger partial charge in [0.05, 0.1) is 5.54 Å². The summed E-state index contributed by atoms with van der Waals surface area (Å²) in [5, 5.41) is 2.51. The van der Waals surface area contributed by atoms with E-state index in [2.05, 4.69) is 5.32 Å². The van der Waals surface area contributed by atoms with Crippen LogP contribution in [0.1, 0.15) is 20.3 Å². The van der Waals surface area contributed by atoms with Crippen molar-refractivity contribution in [2.24, 2.45) is 5.73 Å². The molecule has 0 saturated carbocycles. The molecule has 0 radical (unpaired) electrons. The minimum Gasteiger partial charge on any atom is -0.343 e. The molecule has 2 amide bonds. The monoisotopic (exact) mass is 297 g/mol. The van der Waals surface area contributed by atoms with Gasteiger partial charge in [0, 0.05) is 6.54 Å². The van der Waals surface area contributed by atoms with E-state index in [9.17, 15) is 18.4 Å². The highest BCUT2D eigenvalue weighted by atomic mass is 19.1. The SMILES string of the molecule is CC(C)(N)C(=O)NC1CCN(c2c(F)cccc2F)C1=O. The van der Waals surface area contributed by atoms with Gasteiger partial charge < -0.3 is 16.0 Å². The van der Waals surface area contributed by atoms with Crippen LogP contribution in [-0.4, -0.2) is 29.9 Å². The molecule has 0 spiro atoms. The summed E-state index contributed by atoms with van der Waals surface area (Å²) in [6.45, 7) is 3.15. The lowest BCUT2D eigenvalue weighted by molar-refractivity contribution is -0.129. The van der Waals surface area contributed by atoms with Gasteiger partial charge in [0.1, 0.15) is 23.4 Å². The van der Waals surface area contributed by atoms with E-state index in [-0.39, 0.29) is 18.7 Å². The molecule has 3 N–H and O–H groups in total. The highest BCUT2D eigenvalue weighted by molar-refractivity contribution is 6.02. The Bertz CT molecular complexity index is 564. The average molecular weight is 297 g/mol. The van der Waals surface area contributed by atoms with Crippen molar-refractivity contribution in [3.8, 4) is 0 Å². The second-order valence-electron chi connectivity index (χ2n) is 5.60. The number of nitrogens with zero attached hydrogens (tertiary/aromatic N) is 1. The van der Waals surface area contributed by atoms with Crippen LogP contribution in [-0.2, 0) is 9.59 Å². The van der Waals surface area contributed by atoms with E-state index in [0.29, 0.717) is 0 Å². The fourth-order valence-corrected chi connectivity index (χ4v) is 2.13. The highest BCUT2D eigenvalue weighted by Gasteiger charge is 2.37. The molecule has 1 atom stereocenters. The first-order valence-electron chi connectivity index (χ1n) is 6.57. The molecule has 1 saturated heterocycles. The second-order valence-corrected chi connectivity index (χ2v) is 5.60. The molecule has 1 aliphatic heterocycles. The Hall–Kier alpha value is -2.02. The van der Waals surface area contributed by atoms with Crippen molar-refractivity contribution in [3.63, 3.8) is 0 Å². The van der Waals surface area contributed by atoms with Gasteiger partial charge in [-0.3, -0.25) is 9.59 Å². The minimum atomic E-state index is -1.13. The summed E-state index contributed by atoms with van der Waals surface area (Å²) in [5.41, 5.74) is 4.13. The summed E-state index contributed by atoms with van der Waals surface area (Å²) in [6, 6.07) is 2.57. The number of rotatable bonds is 3. The number of halogens is 2. The summed E-state index contributed by atoms with van der Waals surface area (Å²) in [4.78, 5) is 25.0. The van der Waals surface area contributed by atoms with Gasteiger partial charge in [0.2, 0.25) is 11.8 Å². The molecule has 114 valence electrons. The fourth-order valence-electron chi connectivity index (χ4n) is 2.13. The average Bonchev–Trinajstić information content (AvgIpc) is 2.70. The van der Waals surface area contributed by atoms with Crippen LogP contribution in [0.3, 0.4) is 0 Å². The van der Waals surface area contributed by atoms with Gasteiger partial charge in [-0.2, -0.15) is 0 Å². The summed E-state index contributed by atoms with van der Waals surface area (Å²) in [5.74, 6) is -2.66. The van der Waals surface area contributed by atoms with E-state index < -0.39 is 35.0 Å². The Morgan fingerprint density at radius 1 is 1.38 bits per heavy atom. The number of carbonyl (C=O) groups excluding carboxylic acids is 2. The predicted octanol–water partition coefficient (Wildman–Crippen LogP) is 0.924. The molecule has 1 unspecified atom stereocenters. The third-order valence-electron chi connectivity index (χ3n) is 3.30. The van der Waals surface area contributed by atoms with Crippen molar-refractivity contribution < 1.29 is 18.4 Å². The maximum Gasteiger partial charge on any atom is 0.249 e. The molecule has 7 heteroatoms. The molecule has 5 nitrogen and oxygen atoms in total. The van der Waals surface area contributed by atoms with Crippen LogP contribution in [0.15, 0.2) is 18.2 Å².